The molecule has 6 heteroatoms. The van der Waals surface area contributed by atoms with Gasteiger partial charge in [0.2, 0.25) is 0 Å². The summed E-state index contributed by atoms with van der Waals surface area (Å²) in [5, 5.41) is 4.52. The summed E-state index contributed by atoms with van der Waals surface area (Å²) in [6.45, 7) is 0.563. The zero-order valence-corrected chi connectivity index (χ0v) is 13.8. The number of amides is 2. The van der Waals surface area contributed by atoms with E-state index >= 15 is 0 Å². The van der Waals surface area contributed by atoms with Crippen molar-refractivity contribution in [3.8, 4) is 0 Å². The van der Waals surface area contributed by atoms with Crippen LogP contribution in [0.4, 0.5) is 4.79 Å². The summed E-state index contributed by atoms with van der Waals surface area (Å²) in [5.74, 6) is 0. The third kappa shape index (κ3) is 3.85. The molecule has 1 saturated carbocycles. The first-order chi connectivity index (χ1) is 9.49. The molecule has 1 aromatic heterocycles. The molecule has 112 valence electrons. The minimum absolute atomic E-state index is 0.00549. The molecule has 0 unspecified atom stereocenters. The Balaban J connectivity index is 1.85. The molecular weight excluding hydrogens is 294 g/mol. The largest absolute Gasteiger partial charge is 0.351 e. The van der Waals surface area contributed by atoms with E-state index in [9.17, 15) is 4.79 Å². The third-order valence-corrected chi connectivity index (χ3v) is 5.17. The predicted molar refractivity (Wildman–Crippen MR) is 85.4 cm³/mol. The van der Waals surface area contributed by atoms with Gasteiger partial charge in [0.05, 0.1) is 11.6 Å². The van der Waals surface area contributed by atoms with Crippen molar-refractivity contribution in [1.82, 2.24) is 14.8 Å². The monoisotopic (exact) mass is 315 g/mol. The second-order valence-corrected chi connectivity index (χ2v) is 7.01. The molecule has 2 rings (SSSR count). The Morgan fingerprint density at radius 3 is 2.90 bits per heavy atom. The van der Waals surface area contributed by atoms with Gasteiger partial charge in [0.1, 0.15) is 0 Å². The Kier molecular flexibility index (Phi) is 5.27. The van der Waals surface area contributed by atoms with Gasteiger partial charge in [0.15, 0.2) is 0 Å². The molecule has 4 nitrogen and oxygen atoms in total. The highest BCUT2D eigenvalue weighted by molar-refractivity contribution is 7.99. The van der Waals surface area contributed by atoms with Crippen LogP contribution in [0, 0.1) is 0 Å². The number of rotatable bonds is 4. The molecule has 1 aliphatic carbocycles. The van der Waals surface area contributed by atoms with E-state index in [0.717, 1.165) is 18.5 Å². The molecule has 2 amide bonds. The lowest BCUT2D eigenvalue weighted by atomic mass is 10.2. The second-order valence-electron chi connectivity index (χ2n) is 5.43. The molecule has 1 N–H and O–H groups in total. The van der Waals surface area contributed by atoms with Crippen LogP contribution in [0.2, 0.25) is 5.02 Å². The highest BCUT2D eigenvalue weighted by Crippen LogP contribution is 2.28. The van der Waals surface area contributed by atoms with Gasteiger partial charge >= 0.3 is 6.03 Å². The summed E-state index contributed by atoms with van der Waals surface area (Å²) in [6, 6.07) is 2.21. The van der Waals surface area contributed by atoms with Crippen LogP contribution in [0.1, 0.15) is 25.0 Å². The lowest BCUT2D eigenvalue weighted by molar-refractivity contribution is 0.202. The SMILES string of the molecule is CS[C@H]1CC[C@@H](NC(=O)N(C)Cc2cc(Cl)cn2C)C1. The zero-order valence-electron chi connectivity index (χ0n) is 12.2. The van der Waals surface area contributed by atoms with E-state index in [1.165, 1.54) is 6.42 Å². The maximum absolute atomic E-state index is 12.2. The quantitative estimate of drug-likeness (QED) is 0.927. The van der Waals surface area contributed by atoms with Crippen LogP contribution >= 0.6 is 23.4 Å². The summed E-state index contributed by atoms with van der Waals surface area (Å²) < 4.78 is 1.95. The summed E-state index contributed by atoms with van der Waals surface area (Å²) in [6.07, 6.45) is 7.35. The molecule has 0 aliphatic heterocycles. The molecule has 0 saturated heterocycles. The minimum atomic E-state index is -0.00549. The topological polar surface area (TPSA) is 37.3 Å². The number of nitrogens with zero attached hydrogens (tertiary/aromatic N) is 2. The van der Waals surface area contributed by atoms with Gasteiger partial charge in [-0.2, -0.15) is 11.8 Å². The van der Waals surface area contributed by atoms with Crippen LogP contribution in [0.15, 0.2) is 12.3 Å². The van der Waals surface area contributed by atoms with Crippen LogP contribution in [-0.4, -0.2) is 40.1 Å². The number of halogens is 1. The van der Waals surface area contributed by atoms with Gasteiger partial charge in [-0.05, 0) is 31.6 Å². The molecule has 2 atom stereocenters. The lowest BCUT2D eigenvalue weighted by Crippen LogP contribution is -2.42. The molecule has 1 aromatic rings. The first kappa shape index (κ1) is 15.6. The minimum Gasteiger partial charge on any atom is -0.351 e. The maximum Gasteiger partial charge on any atom is 0.317 e. The summed E-state index contributed by atoms with van der Waals surface area (Å²) in [5.41, 5.74) is 1.03. The highest BCUT2D eigenvalue weighted by Gasteiger charge is 2.26. The smallest absolute Gasteiger partial charge is 0.317 e. The summed E-state index contributed by atoms with van der Waals surface area (Å²) in [7, 11) is 3.75. The van der Waals surface area contributed by atoms with Crippen molar-refractivity contribution in [2.45, 2.75) is 37.1 Å². The fourth-order valence-electron chi connectivity index (χ4n) is 2.61. The van der Waals surface area contributed by atoms with Crippen molar-refractivity contribution in [3.63, 3.8) is 0 Å². The standard InChI is InChI=1S/C14H22ClN3OS/c1-17-8-10(15)6-12(17)9-18(2)14(19)16-11-4-5-13(7-11)20-3/h6,8,11,13H,4-5,7,9H2,1-3H3,(H,16,19)/t11-,13+/m1/s1. The molecule has 1 aliphatic rings. The summed E-state index contributed by atoms with van der Waals surface area (Å²) >= 11 is 7.85. The first-order valence-corrected chi connectivity index (χ1v) is 8.51. The van der Waals surface area contributed by atoms with Gasteiger partial charge < -0.3 is 14.8 Å². The van der Waals surface area contributed by atoms with Crippen molar-refractivity contribution < 1.29 is 4.79 Å². The Hall–Kier alpha value is -0.810. The van der Waals surface area contributed by atoms with Crippen LogP contribution in [-0.2, 0) is 13.6 Å². The molecule has 1 fully saturated rings. The zero-order chi connectivity index (χ0) is 14.7. The van der Waals surface area contributed by atoms with E-state index in [1.54, 1.807) is 4.90 Å². The van der Waals surface area contributed by atoms with Gasteiger partial charge in [0.25, 0.3) is 0 Å². The number of carbonyl (C=O) groups excluding carboxylic acids is 1. The van der Waals surface area contributed by atoms with Gasteiger partial charge in [-0.25, -0.2) is 4.79 Å². The molecule has 0 aromatic carbocycles. The van der Waals surface area contributed by atoms with Crippen LogP contribution in [0.5, 0.6) is 0 Å². The van der Waals surface area contributed by atoms with Crippen molar-refractivity contribution in [2.75, 3.05) is 13.3 Å². The number of carbonyl (C=O) groups is 1. The van der Waals surface area contributed by atoms with E-state index in [4.69, 9.17) is 11.6 Å². The van der Waals surface area contributed by atoms with E-state index in [-0.39, 0.29) is 6.03 Å². The molecule has 0 spiro atoms. The number of aryl methyl sites for hydroxylation is 1. The van der Waals surface area contributed by atoms with Crippen LogP contribution in [0.25, 0.3) is 0 Å². The number of thioether (sulfide) groups is 1. The first-order valence-electron chi connectivity index (χ1n) is 6.84. The Morgan fingerprint density at radius 2 is 2.35 bits per heavy atom. The lowest BCUT2D eigenvalue weighted by Gasteiger charge is -2.21. The Labute approximate surface area is 129 Å². The predicted octanol–water partition coefficient (Wildman–Crippen LogP) is 3.10. The van der Waals surface area contributed by atoms with E-state index in [2.05, 4.69) is 11.6 Å². The van der Waals surface area contributed by atoms with Crippen molar-refractivity contribution in [3.05, 3.63) is 23.0 Å². The Bertz CT molecular complexity index is 477. The van der Waals surface area contributed by atoms with E-state index in [1.807, 2.05) is 42.7 Å². The number of hydrogen-bond donors (Lipinski definition) is 1. The highest BCUT2D eigenvalue weighted by atomic mass is 35.5. The van der Waals surface area contributed by atoms with Crippen LogP contribution < -0.4 is 5.32 Å². The number of urea groups is 1. The van der Waals surface area contributed by atoms with Crippen molar-refractivity contribution in [1.29, 1.82) is 0 Å². The molecular formula is C14H22ClN3OS. The van der Waals surface area contributed by atoms with Gasteiger partial charge in [-0.3, -0.25) is 0 Å². The second kappa shape index (κ2) is 6.76. The number of nitrogens with one attached hydrogen (secondary N) is 1. The van der Waals surface area contributed by atoms with Gasteiger partial charge in [-0.1, -0.05) is 11.6 Å². The fraction of sp³-hybridized carbons (Fsp3) is 0.643. The molecule has 20 heavy (non-hydrogen) atoms. The summed E-state index contributed by atoms with van der Waals surface area (Å²) in [4.78, 5) is 13.9. The Morgan fingerprint density at radius 1 is 1.60 bits per heavy atom. The fourth-order valence-corrected chi connectivity index (χ4v) is 3.68. The normalized spacial score (nSPS) is 22.0. The van der Waals surface area contributed by atoms with Gasteiger partial charge in [0, 0.05) is 37.3 Å². The van der Waals surface area contributed by atoms with E-state index < -0.39 is 0 Å². The van der Waals surface area contributed by atoms with Gasteiger partial charge in [-0.15, -0.1) is 0 Å². The average molecular weight is 316 g/mol. The average Bonchev–Trinajstić information content (AvgIpc) is 2.96. The van der Waals surface area contributed by atoms with Crippen molar-refractivity contribution >= 4 is 29.4 Å². The number of hydrogen-bond acceptors (Lipinski definition) is 2. The maximum atomic E-state index is 12.2. The van der Waals surface area contributed by atoms with Crippen molar-refractivity contribution in [2.24, 2.45) is 7.05 Å². The van der Waals surface area contributed by atoms with Crippen LogP contribution in [0.3, 0.4) is 0 Å². The molecule has 0 radical (unpaired) electrons. The molecule has 1 heterocycles. The molecule has 0 bridgehead atoms. The van der Waals surface area contributed by atoms with E-state index in [0.29, 0.717) is 22.9 Å². The third-order valence-electron chi connectivity index (χ3n) is 3.87. The number of aromatic nitrogens is 1.